The van der Waals surface area contributed by atoms with Gasteiger partial charge >= 0.3 is 0 Å². The number of halogens is 1. The molecule has 2 aromatic rings. The maximum Gasteiger partial charge on any atom is 0.226 e. The molecule has 0 aliphatic carbocycles. The molecule has 0 saturated carbocycles. The molecule has 0 atom stereocenters. The first-order valence-corrected chi connectivity index (χ1v) is 5.83. The summed E-state index contributed by atoms with van der Waals surface area (Å²) in [6, 6.07) is 7.89. The van der Waals surface area contributed by atoms with Gasteiger partial charge in [0.1, 0.15) is 17.2 Å². The molecule has 1 heterocycles. The van der Waals surface area contributed by atoms with Crippen molar-refractivity contribution in [1.29, 1.82) is 0 Å². The maximum atomic E-state index is 5.92. The van der Waals surface area contributed by atoms with E-state index in [4.69, 9.17) is 16.3 Å². The van der Waals surface area contributed by atoms with E-state index < -0.39 is 0 Å². The smallest absolute Gasteiger partial charge is 0.226 e. The number of aromatic nitrogens is 2. The fourth-order valence-corrected chi connectivity index (χ4v) is 1.64. The molecule has 88 valence electrons. The second-order valence-electron chi connectivity index (χ2n) is 3.66. The van der Waals surface area contributed by atoms with Gasteiger partial charge in [0.2, 0.25) is 5.88 Å². The predicted octanol–water partition coefficient (Wildman–Crippen LogP) is 3.79. The second-order valence-corrected chi connectivity index (χ2v) is 4.02. The van der Waals surface area contributed by atoms with Gasteiger partial charge in [-0.15, -0.1) is 0 Å². The van der Waals surface area contributed by atoms with Crippen molar-refractivity contribution >= 4 is 11.6 Å². The molecule has 1 aromatic heterocycles. The van der Waals surface area contributed by atoms with E-state index >= 15 is 0 Å². The van der Waals surface area contributed by atoms with Gasteiger partial charge < -0.3 is 4.74 Å². The Labute approximate surface area is 105 Å². The van der Waals surface area contributed by atoms with Crippen LogP contribution in [0, 0.1) is 6.92 Å². The molecular formula is C13H13ClN2O. The lowest BCUT2D eigenvalue weighted by atomic mass is 10.1. The lowest BCUT2D eigenvalue weighted by Gasteiger charge is -2.10. The van der Waals surface area contributed by atoms with Crippen molar-refractivity contribution in [2.75, 3.05) is 0 Å². The Morgan fingerprint density at radius 1 is 1.24 bits per heavy atom. The molecule has 1 aromatic carbocycles. The highest BCUT2D eigenvalue weighted by molar-refractivity contribution is 6.30. The zero-order valence-corrected chi connectivity index (χ0v) is 10.5. The molecule has 0 saturated heterocycles. The first kappa shape index (κ1) is 11.9. The fraction of sp³-hybridized carbons (Fsp3) is 0.231. The van der Waals surface area contributed by atoms with E-state index in [1.807, 2.05) is 31.2 Å². The third-order valence-electron chi connectivity index (χ3n) is 2.54. The third kappa shape index (κ3) is 2.56. The highest BCUT2D eigenvalue weighted by Crippen LogP contribution is 2.28. The fourth-order valence-electron chi connectivity index (χ4n) is 1.52. The van der Waals surface area contributed by atoms with Crippen LogP contribution in [0.5, 0.6) is 11.6 Å². The number of nitrogens with zero attached hydrogens (tertiary/aromatic N) is 2. The molecule has 4 heteroatoms. The van der Waals surface area contributed by atoms with Crippen molar-refractivity contribution in [2.24, 2.45) is 0 Å². The SMILES string of the molecule is CCc1ccccc1Oc1ncnc(Cl)c1C. The van der Waals surface area contributed by atoms with Gasteiger partial charge in [0.25, 0.3) is 0 Å². The molecular weight excluding hydrogens is 236 g/mol. The van der Waals surface area contributed by atoms with Gasteiger partial charge in [0.15, 0.2) is 0 Å². The second kappa shape index (κ2) is 5.15. The van der Waals surface area contributed by atoms with Crippen LogP contribution in [-0.4, -0.2) is 9.97 Å². The summed E-state index contributed by atoms with van der Waals surface area (Å²) in [7, 11) is 0. The van der Waals surface area contributed by atoms with Crippen molar-refractivity contribution in [1.82, 2.24) is 9.97 Å². The van der Waals surface area contributed by atoms with Gasteiger partial charge in [-0.05, 0) is 25.0 Å². The van der Waals surface area contributed by atoms with Crippen LogP contribution in [0.2, 0.25) is 5.15 Å². The van der Waals surface area contributed by atoms with Gasteiger partial charge in [-0.25, -0.2) is 9.97 Å². The van der Waals surface area contributed by atoms with Crippen molar-refractivity contribution in [2.45, 2.75) is 20.3 Å². The molecule has 0 N–H and O–H groups in total. The average Bonchev–Trinajstić information content (AvgIpc) is 2.35. The maximum absolute atomic E-state index is 5.92. The normalized spacial score (nSPS) is 10.3. The van der Waals surface area contributed by atoms with Crippen LogP contribution >= 0.6 is 11.6 Å². The van der Waals surface area contributed by atoms with Gasteiger partial charge in [-0.3, -0.25) is 0 Å². The Morgan fingerprint density at radius 3 is 2.76 bits per heavy atom. The standard InChI is InChI=1S/C13H13ClN2O/c1-3-10-6-4-5-7-11(10)17-13-9(2)12(14)15-8-16-13/h4-8H,3H2,1-2H3. The molecule has 17 heavy (non-hydrogen) atoms. The lowest BCUT2D eigenvalue weighted by molar-refractivity contribution is 0.452. The molecule has 3 nitrogen and oxygen atoms in total. The van der Waals surface area contributed by atoms with Gasteiger partial charge in [0.05, 0.1) is 0 Å². The lowest BCUT2D eigenvalue weighted by Crippen LogP contribution is -1.96. The van der Waals surface area contributed by atoms with Crippen LogP contribution in [0.1, 0.15) is 18.1 Å². The van der Waals surface area contributed by atoms with E-state index in [0.717, 1.165) is 23.3 Å². The number of rotatable bonds is 3. The minimum atomic E-state index is 0.420. The first-order chi connectivity index (χ1) is 8.22. The number of benzene rings is 1. The zero-order valence-electron chi connectivity index (χ0n) is 9.77. The molecule has 2 rings (SSSR count). The van der Waals surface area contributed by atoms with Crippen LogP contribution in [0.3, 0.4) is 0 Å². The Balaban J connectivity index is 2.35. The number of para-hydroxylation sites is 1. The Bertz CT molecular complexity index is 529. The molecule has 0 spiro atoms. The van der Waals surface area contributed by atoms with Gasteiger partial charge in [0, 0.05) is 5.56 Å². The first-order valence-electron chi connectivity index (χ1n) is 5.45. The van der Waals surface area contributed by atoms with Gasteiger partial charge in [-0.1, -0.05) is 36.7 Å². The number of hydrogen-bond acceptors (Lipinski definition) is 3. The van der Waals surface area contributed by atoms with Gasteiger partial charge in [-0.2, -0.15) is 0 Å². The summed E-state index contributed by atoms with van der Waals surface area (Å²) in [6.45, 7) is 3.92. The highest BCUT2D eigenvalue weighted by atomic mass is 35.5. The molecule has 0 aliphatic heterocycles. The monoisotopic (exact) mass is 248 g/mol. The van der Waals surface area contributed by atoms with Crippen LogP contribution in [0.15, 0.2) is 30.6 Å². The Hall–Kier alpha value is -1.61. The third-order valence-corrected chi connectivity index (χ3v) is 2.92. The quantitative estimate of drug-likeness (QED) is 0.775. The summed E-state index contributed by atoms with van der Waals surface area (Å²) in [5.74, 6) is 1.32. The molecule has 0 unspecified atom stereocenters. The van der Waals surface area contributed by atoms with Crippen molar-refractivity contribution in [3.8, 4) is 11.6 Å². The van der Waals surface area contributed by atoms with E-state index in [1.165, 1.54) is 6.33 Å². The van der Waals surface area contributed by atoms with E-state index in [-0.39, 0.29) is 0 Å². The summed E-state index contributed by atoms with van der Waals surface area (Å²) < 4.78 is 5.78. The Morgan fingerprint density at radius 2 is 2.00 bits per heavy atom. The summed E-state index contributed by atoms with van der Waals surface area (Å²) in [5.41, 5.74) is 1.89. The average molecular weight is 249 g/mol. The summed E-state index contributed by atoms with van der Waals surface area (Å²) in [6.07, 6.45) is 2.31. The molecule has 0 bridgehead atoms. The van der Waals surface area contributed by atoms with Crippen LogP contribution in [-0.2, 0) is 6.42 Å². The van der Waals surface area contributed by atoms with Crippen LogP contribution < -0.4 is 4.74 Å². The summed E-state index contributed by atoms with van der Waals surface area (Å²) >= 11 is 5.92. The predicted molar refractivity (Wildman–Crippen MR) is 67.7 cm³/mol. The van der Waals surface area contributed by atoms with E-state index in [0.29, 0.717) is 11.0 Å². The number of ether oxygens (including phenoxy) is 1. The zero-order chi connectivity index (χ0) is 12.3. The number of aryl methyl sites for hydroxylation is 1. The summed E-state index contributed by atoms with van der Waals surface area (Å²) in [5, 5.41) is 0.420. The van der Waals surface area contributed by atoms with Crippen LogP contribution in [0.25, 0.3) is 0 Å². The van der Waals surface area contributed by atoms with E-state index in [2.05, 4.69) is 16.9 Å². The largest absolute Gasteiger partial charge is 0.438 e. The van der Waals surface area contributed by atoms with Crippen LogP contribution in [0.4, 0.5) is 0 Å². The topological polar surface area (TPSA) is 35.0 Å². The van der Waals surface area contributed by atoms with Crippen molar-refractivity contribution < 1.29 is 4.74 Å². The summed E-state index contributed by atoms with van der Waals surface area (Å²) in [4.78, 5) is 7.99. The minimum absolute atomic E-state index is 0.420. The highest BCUT2D eigenvalue weighted by Gasteiger charge is 2.09. The Kier molecular flexibility index (Phi) is 3.59. The molecule has 0 amide bonds. The van der Waals surface area contributed by atoms with Crippen molar-refractivity contribution in [3.63, 3.8) is 0 Å². The molecule has 0 radical (unpaired) electrons. The van der Waals surface area contributed by atoms with E-state index in [9.17, 15) is 0 Å². The minimum Gasteiger partial charge on any atom is -0.438 e. The number of hydrogen-bond donors (Lipinski definition) is 0. The molecule has 0 fully saturated rings. The molecule has 0 aliphatic rings. The van der Waals surface area contributed by atoms with Crippen molar-refractivity contribution in [3.05, 3.63) is 46.9 Å². The van der Waals surface area contributed by atoms with E-state index in [1.54, 1.807) is 0 Å².